The molecule has 3 atom stereocenters. The fourth-order valence-electron chi connectivity index (χ4n) is 3.28. The third-order valence-corrected chi connectivity index (χ3v) is 4.97. The zero-order valence-electron chi connectivity index (χ0n) is 15.2. The quantitative estimate of drug-likeness (QED) is 0.667. The molecule has 4 N–H and O–H groups in total. The highest BCUT2D eigenvalue weighted by Crippen LogP contribution is 2.24. The number of rotatable bonds is 8. The van der Waals surface area contributed by atoms with Gasteiger partial charge in [-0.2, -0.15) is 0 Å². The number of nitrogens with zero attached hydrogens (tertiary/aromatic N) is 1. The van der Waals surface area contributed by atoms with Gasteiger partial charge in [-0.25, -0.2) is 4.79 Å². The van der Waals surface area contributed by atoms with E-state index in [4.69, 9.17) is 10.2 Å². The molecule has 25 heavy (non-hydrogen) atoms. The summed E-state index contributed by atoms with van der Waals surface area (Å²) >= 11 is 0. The molecule has 7 heteroatoms. The zero-order valence-corrected chi connectivity index (χ0v) is 15.2. The number of hydrogen-bond acceptors (Lipinski definition) is 4. The van der Waals surface area contributed by atoms with E-state index < -0.39 is 12.1 Å². The first-order chi connectivity index (χ1) is 12.0. The van der Waals surface area contributed by atoms with Gasteiger partial charge >= 0.3 is 6.03 Å². The first kappa shape index (κ1) is 19.3. The summed E-state index contributed by atoms with van der Waals surface area (Å²) in [5.41, 5.74) is 5.22. The summed E-state index contributed by atoms with van der Waals surface area (Å²) in [4.78, 5) is 26.2. The molecule has 7 nitrogen and oxygen atoms in total. The minimum absolute atomic E-state index is 0.00421. The standard InChI is InChI=1S/C18H30N4O3/c1-3-13(2)16(21-18(19)24)17(23)20-12-14(15-8-7-11-25-15)22-9-5-4-6-10-22/h7-8,11,13-14,16H,3-6,9-10,12H2,1-2H3,(H,20,23)(H3,19,21,24). The Morgan fingerprint density at radius 2 is 2.04 bits per heavy atom. The van der Waals surface area contributed by atoms with Crippen molar-refractivity contribution in [2.75, 3.05) is 19.6 Å². The monoisotopic (exact) mass is 350 g/mol. The van der Waals surface area contributed by atoms with Crippen LogP contribution in [0.2, 0.25) is 0 Å². The molecule has 0 bridgehead atoms. The number of nitrogens with one attached hydrogen (secondary N) is 2. The molecule has 2 heterocycles. The first-order valence-corrected chi connectivity index (χ1v) is 9.14. The van der Waals surface area contributed by atoms with E-state index in [0.29, 0.717) is 6.54 Å². The van der Waals surface area contributed by atoms with Gasteiger partial charge in [0, 0.05) is 6.54 Å². The summed E-state index contributed by atoms with van der Waals surface area (Å²) in [7, 11) is 0. The van der Waals surface area contributed by atoms with E-state index in [1.807, 2.05) is 26.0 Å². The summed E-state index contributed by atoms with van der Waals surface area (Å²) in [6.07, 6.45) is 5.98. The minimum atomic E-state index is -0.681. The van der Waals surface area contributed by atoms with Crippen LogP contribution in [0.1, 0.15) is 51.3 Å². The number of primary amides is 1. The second kappa shape index (κ2) is 9.46. The van der Waals surface area contributed by atoms with Gasteiger partial charge in [-0.15, -0.1) is 0 Å². The molecule has 0 saturated carbocycles. The van der Waals surface area contributed by atoms with E-state index in [-0.39, 0.29) is 17.9 Å². The Hall–Kier alpha value is -2.02. The van der Waals surface area contributed by atoms with Crippen LogP contribution in [0.25, 0.3) is 0 Å². The smallest absolute Gasteiger partial charge is 0.312 e. The number of carbonyl (C=O) groups excluding carboxylic acids is 2. The number of hydrogen-bond donors (Lipinski definition) is 3. The number of amides is 3. The molecule has 1 aromatic rings. The van der Waals surface area contributed by atoms with Crippen LogP contribution in [0.15, 0.2) is 22.8 Å². The summed E-state index contributed by atoms with van der Waals surface area (Å²) in [5.74, 6) is 0.649. The molecular weight excluding hydrogens is 320 g/mol. The molecule has 2 rings (SSSR count). The van der Waals surface area contributed by atoms with Crippen LogP contribution in [-0.2, 0) is 4.79 Å². The molecule has 1 aliphatic rings. The van der Waals surface area contributed by atoms with Crippen molar-refractivity contribution in [3.05, 3.63) is 24.2 Å². The van der Waals surface area contributed by atoms with Crippen LogP contribution in [-0.4, -0.2) is 42.5 Å². The Labute approximate surface area is 149 Å². The molecule has 140 valence electrons. The Morgan fingerprint density at radius 3 is 2.60 bits per heavy atom. The highest BCUT2D eigenvalue weighted by molar-refractivity contribution is 5.86. The molecule has 0 aliphatic carbocycles. The average molecular weight is 350 g/mol. The summed E-state index contributed by atoms with van der Waals surface area (Å²) in [6.45, 7) is 6.34. The third-order valence-electron chi connectivity index (χ3n) is 4.97. The van der Waals surface area contributed by atoms with Crippen LogP contribution in [0.5, 0.6) is 0 Å². The van der Waals surface area contributed by atoms with E-state index in [2.05, 4.69) is 15.5 Å². The number of likely N-dealkylation sites (tertiary alicyclic amines) is 1. The molecule has 3 unspecified atom stereocenters. The van der Waals surface area contributed by atoms with Gasteiger partial charge in [0.1, 0.15) is 11.8 Å². The molecule has 0 aromatic carbocycles. The summed E-state index contributed by atoms with van der Waals surface area (Å²) in [5, 5.41) is 5.54. The molecule has 1 fully saturated rings. The second-order valence-corrected chi connectivity index (χ2v) is 6.74. The lowest BCUT2D eigenvalue weighted by atomic mass is 9.98. The van der Waals surface area contributed by atoms with E-state index in [1.54, 1.807) is 6.26 Å². The van der Waals surface area contributed by atoms with Gasteiger partial charge in [0.2, 0.25) is 5.91 Å². The number of nitrogens with two attached hydrogens (primary N) is 1. The maximum Gasteiger partial charge on any atom is 0.312 e. The van der Waals surface area contributed by atoms with Gasteiger partial charge in [-0.1, -0.05) is 26.7 Å². The van der Waals surface area contributed by atoms with Gasteiger partial charge in [-0.3, -0.25) is 9.69 Å². The number of piperidine rings is 1. The number of furan rings is 1. The lowest BCUT2D eigenvalue weighted by molar-refractivity contribution is -0.124. The van der Waals surface area contributed by atoms with Crippen LogP contribution in [0.3, 0.4) is 0 Å². The van der Waals surface area contributed by atoms with Crippen molar-refractivity contribution in [1.82, 2.24) is 15.5 Å². The zero-order chi connectivity index (χ0) is 18.2. The molecule has 1 saturated heterocycles. The van der Waals surface area contributed by atoms with Crippen LogP contribution < -0.4 is 16.4 Å². The lowest BCUT2D eigenvalue weighted by Crippen LogP contribution is -2.53. The maximum atomic E-state index is 12.6. The molecule has 1 aromatic heterocycles. The van der Waals surface area contributed by atoms with Crippen LogP contribution in [0, 0.1) is 5.92 Å². The van der Waals surface area contributed by atoms with Gasteiger partial charge in [0.15, 0.2) is 0 Å². The fraction of sp³-hybridized carbons (Fsp3) is 0.667. The Bertz CT molecular complexity index is 541. The third kappa shape index (κ3) is 5.49. The largest absolute Gasteiger partial charge is 0.468 e. The Morgan fingerprint density at radius 1 is 1.32 bits per heavy atom. The van der Waals surface area contributed by atoms with Gasteiger partial charge in [0.05, 0.1) is 12.3 Å². The lowest BCUT2D eigenvalue weighted by Gasteiger charge is -2.34. The van der Waals surface area contributed by atoms with Crippen molar-refractivity contribution in [1.29, 1.82) is 0 Å². The molecule has 0 spiro atoms. The predicted octanol–water partition coefficient (Wildman–Crippen LogP) is 2.01. The van der Waals surface area contributed by atoms with Crippen molar-refractivity contribution in [2.45, 2.75) is 51.6 Å². The van der Waals surface area contributed by atoms with Crippen molar-refractivity contribution in [3.63, 3.8) is 0 Å². The topological polar surface area (TPSA) is 101 Å². The van der Waals surface area contributed by atoms with E-state index in [1.165, 1.54) is 6.42 Å². The maximum absolute atomic E-state index is 12.6. The van der Waals surface area contributed by atoms with Gasteiger partial charge < -0.3 is 20.8 Å². The van der Waals surface area contributed by atoms with Crippen molar-refractivity contribution in [2.24, 2.45) is 11.7 Å². The molecule has 3 amide bonds. The second-order valence-electron chi connectivity index (χ2n) is 6.74. The molecular formula is C18H30N4O3. The highest BCUT2D eigenvalue weighted by atomic mass is 16.3. The fourth-order valence-corrected chi connectivity index (χ4v) is 3.28. The van der Waals surface area contributed by atoms with E-state index >= 15 is 0 Å². The van der Waals surface area contributed by atoms with Crippen LogP contribution >= 0.6 is 0 Å². The Kier molecular flexibility index (Phi) is 7.31. The Balaban J connectivity index is 2.02. The SMILES string of the molecule is CCC(C)C(NC(N)=O)C(=O)NCC(c1ccco1)N1CCCCC1. The summed E-state index contributed by atoms with van der Waals surface area (Å²) in [6, 6.07) is 2.51. The first-order valence-electron chi connectivity index (χ1n) is 9.14. The van der Waals surface area contributed by atoms with Gasteiger partial charge in [-0.05, 0) is 44.0 Å². The molecule has 0 radical (unpaired) electrons. The van der Waals surface area contributed by atoms with Crippen molar-refractivity contribution in [3.8, 4) is 0 Å². The summed E-state index contributed by atoms with van der Waals surface area (Å²) < 4.78 is 5.59. The number of urea groups is 1. The van der Waals surface area contributed by atoms with Crippen molar-refractivity contribution >= 4 is 11.9 Å². The van der Waals surface area contributed by atoms with E-state index in [9.17, 15) is 9.59 Å². The number of carbonyl (C=O) groups is 2. The highest BCUT2D eigenvalue weighted by Gasteiger charge is 2.28. The minimum Gasteiger partial charge on any atom is -0.468 e. The van der Waals surface area contributed by atoms with Crippen LogP contribution in [0.4, 0.5) is 4.79 Å². The average Bonchev–Trinajstić information content (AvgIpc) is 3.14. The van der Waals surface area contributed by atoms with Gasteiger partial charge in [0.25, 0.3) is 0 Å². The molecule has 1 aliphatic heterocycles. The van der Waals surface area contributed by atoms with Crippen molar-refractivity contribution < 1.29 is 14.0 Å². The predicted molar refractivity (Wildman–Crippen MR) is 95.8 cm³/mol. The van der Waals surface area contributed by atoms with E-state index in [0.717, 1.165) is 38.1 Å². The normalized spacial score (nSPS) is 19.0.